The van der Waals surface area contributed by atoms with Crippen molar-refractivity contribution < 1.29 is 18.7 Å². The van der Waals surface area contributed by atoms with Crippen LogP contribution in [0.3, 0.4) is 0 Å². The van der Waals surface area contributed by atoms with Crippen LogP contribution in [-0.2, 0) is 4.74 Å². The van der Waals surface area contributed by atoms with E-state index in [9.17, 15) is 9.18 Å². The molecule has 0 spiro atoms. The lowest BCUT2D eigenvalue weighted by molar-refractivity contribution is 0.176. The minimum atomic E-state index is -0.437. The summed E-state index contributed by atoms with van der Waals surface area (Å²) in [6, 6.07) is 19.2. The quantitative estimate of drug-likeness (QED) is 0.670. The highest BCUT2D eigenvalue weighted by molar-refractivity contribution is 5.70. The van der Waals surface area contributed by atoms with Gasteiger partial charge in [-0.1, -0.05) is 48.2 Å². The standard InChI is InChI=1S/C17H14N2O3.C6H5F/c1-21-16-14(15-11-22-17(20)19-15)9-13(10-18-16)8-7-12-5-3-2-4-6-12;7-6-4-2-1-3-5-6/h2-6,9-10,15H,11H2,1H3,(H,19,20);1-5H/t15-;/m0./s1. The summed E-state index contributed by atoms with van der Waals surface area (Å²) < 4.78 is 22.1. The second kappa shape index (κ2) is 9.90. The lowest BCUT2D eigenvalue weighted by Crippen LogP contribution is -2.19. The van der Waals surface area contributed by atoms with Gasteiger partial charge in [0.05, 0.1) is 13.2 Å². The zero-order chi connectivity index (χ0) is 20.5. The van der Waals surface area contributed by atoms with Crippen molar-refractivity contribution in [2.75, 3.05) is 13.7 Å². The van der Waals surface area contributed by atoms with Gasteiger partial charge in [-0.05, 0) is 30.3 Å². The molecule has 0 radical (unpaired) electrons. The second-order valence-electron chi connectivity index (χ2n) is 6.03. The third-order valence-electron chi connectivity index (χ3n) is 3.98. The molecule has 1 N–H and O–H groups in total. The molecule has 1 atom stereocenters. The molecule has 1 saturated heterocycles. The summed E-state index contributed by atoms with van der Waals surface area (Å²) in [5.74, 6) is 6.42. The monoisotopic (exact) mass is 390 g/mol. The van der Waals surface area contributed by atoms with E-state index < -0.39 is 6.09 Å². The molecular weight excluding hydrogens is 371 g/mol. The third-order valence-corrected chi connectivity index (χ3v) is 3.98. The Bertz CT molecular complexity index is 1010. The van der Waals surface area contributed by atoms with Gasteiger partial charge in [0.2, 0.25) is 5.88 Å². The zero-order valence-electron chi connectivity index (χ0n) is 15.8. The number of amides is 1. The smallest absolute Gasteiger partial charge is 0.407 e. The van der Waals surface area contributed by atoms with E-state index in [2.05, 4.69) is 22.1 Å². The number of nitrogens with zero attached hydrogens (tertiary/aromatic N) is 1. The largest absolute Gasteiger partial charge is 0.481 e. The van der Waals surface area contributed by atoms with Gasteiger partial charge in [0, 0.05) is 22.9 Å². The van der Waals surface area contributed by atoms with Gasteiger partial charge in [0.15, 0.2) is 0 Å². The van der Waals surface area contributed by atoms with Gasteiger partial charge in [0.25, 0.3) is 0 Å². The summed E-state index contributed by atoms with van der Waals surface area (Å²) in [7, 11) is 1.54. The van der Waals surface area contributed by atoms with Gasteiger partial charge in [-0.2, -0.15) is 0 Å². The van der Waals surface area contributed by atoms with Gasteiger partial charge in [-0.3, -0.25) is 0 Å². The van der Waals surface area contributed by atoms with E-state index in [1.54, 1.807) is 31.5 Å². The Morgan fingerprint density at radius 2 is 1.72 bits per heavy atom. The third kappa shape index (κ3) is 5.81. The minimum absolute atomic E-state index is 0.178. The number of rotatable bonds is 2. The molecule has 1 aliphatic heterocycles. The van der Waals surface area contributed by atoms with Crippen molar-refractivity contribution in [2.45, 2.75) is 6.04 Å². The number of nitrogens with one attached hydrogen (secondary N) is 1. The maximum Gasteiger partial charge on any atom is 0.407 e. The van der Waals surface area contributed by atoms with Crippen LogP contribution in [-0.4, -0.2) is 24.8 Å². The Labute approximate surface area is 168 Å². The van der Waals surface area contributed by atoms with Crippen LogP contribution in [0.4, 0.5) is 9.18 Å². The first-order valence-corrected chi connectivity index (χ1v) is 8.90. The van der Waals surface area contributed by atoms with Crippen LogP contribution in [0.25, 0.3) is 0 Å². The molecule has 4 rings (SSSR count). The molecule has 146 valence electrons. The van der Waals surface area contributed by atoms with Crippen LogP contribution in [0.1, 0.15) is 22.7 Å². The fourth-order valence-electron chi connectivity index (χ4n) is 2.59. The number of methoxy groups -OCH3 is 1. The molecule has 0 bridgehead atoms. The summed E-state index contributed by atoms with van der Waals surface area (Å²) in [6.45, 7) is 0.256. The van der Waals surface area contributed by atoms with Crippen molar-refractivity contribution in [3.63, 3.8) is 0 Å². The molecule has 1 amide bonds. The van der Waals surface area contributed by atoms with Crippen LogP contribution in [0.5, 0.6) is 5.88 Å². The lowest BCUT2D eigenvalue weighted by atomic mass is 10.1. The van der Waals surface area contributed by atoms with E-state index in [0.29, 0.717) is 5.88 Å². The SMILES string of the molecule is COc1ncc(C#Cc2ccccc2)cc1[C@@H]1COC(=O)N1.Fc1ccccc1. The Morgan fingerprint density at radius 3 is 2.28 bits per heavy atom. The highest BCUT2D eigenvalue weighted by Gasteiger charge is 2.27. The predicted octanol–water partition coefficient (Wildman–Crippen LogP) is 4.10. The fourth-order valence-corrected chi connectivity index (χ4v) is 2.59. The summed E-state index contributed by atoms with van der Waals surface area (Å²) in [4.78, 5) is 15.4. The molecule has 2 heterocycles. The van der Waals surface area contributed by atoms with Gasteiger partial charge >= 0.3 is 6.09 Å². The Hall–Kier alpha value is -3.85. The Balaban J connectivity index is 0.000000290. The lowest BCUT2D eigenvalue weighted by Gasteiger charge is -2.11. The van der Waals surface area contributed by atoms with E-state index in [4.69, 9.17) is 9.47 Å². The normalized spacial score (nSPS) is 14.4. The van der Waals surface area contributed by atoms with Gasteiger partial charge < -0.3 is 14.8 Å². The Kier molecular flexibility index (Phi) is 6.80. The molecule has 1 fully saturated rings. The molecule has 1 aromatic heterocycles. The van der Waals surface area contributed by atoms with E-state index in [0.717, 1.165) is 16.7 Å². The van der Waals surface area contributed by atoms with Crippen LogP contribution >= 0.6 is 0 Å². The molecule has 1 aliphatic rings. The van der Waals surface area contributed by atoms with Gasteiger partial charge in [-0.25, -0.2) is 14.2 Å². The summed E-state index contributed by atoms with van der Waals surface area (Å²) in [5.41, 5.74) is 2.44. The van der Waals surface area contributed by atoms with Crippen LogP contribution in [0.2, 0.25) is 0 Å². The maximum absolute atomic E-state index is 11.9. The van der Waals surface area contributed by atoms with Crippen molar-refractivity contribution >= 4 is 6.09 Å². The summed E-state index contributed by atoms with van der Waals surface area (Å²) in [5, 5.41) is 2.72. The number of hydrogen-bond donors (Lipinski definition) is 1. The highest BCUT2D eigenvalue weighted by atomic mass is 19.1. The molecular formula is C23H19FN2O3. The molecule has 29 heavy (non-hydrogen) atoms. The average molecular weight is 390 g/mol. The first-order chi connectivity index (χ1) is 14.2. The van der Waals surface area contributed by atoms with E-state index >= 15 is 0 Å². The van der Waals surface area contributed by atoms with E-state index in [1.165, 1.54) is 12.1 Å². The number of aromatic nitrogens is 1. The molecule has 0 saturated carbocycles. The number of halogens is 1. The molecule has 2 aromatic carbocycles. The number of ether oxygens (including phenoxy) is 2. The van der Waals surface area contributed by atoms with Crippen molar-refractivity contribution in [1.82, 2.24) is 10.3 Å². The predicted molar refractivity (Wildman–Crippen MR) is 107 cm³/mol. The van der Waals surface area contributed by atoms with Crippen molar-refractivity contribution in [3.8, 4) is 17.7 Å². The van der Waals surface area contributed by atoms with Crippen LogP contribution in [0, 0.1) is 17.7 Å². The number of pyridine rings is 1. The summed E-state index contributed by atoms with van der Waals surface area (Å²) in [6.07, 6.45) is 1.21. The number of carbonyl (C=O) groups is 1. The van der Waals surface area contributed by atoms with E-state index in [-0.39, 0.29) is 18.5 Å². The first kappa shape index (κ1) is 19.9. The van der Waals surface area contributed by atoms with Gasteiger partial charge in [0.1, 0.15) is 12.4 Å². The number of carbonyl (C=O) groups excluding carboxylic acids is 1. The Morgan fingerprint density at radius 1 is 1.07 bits per heavy atom. The molecule has 0 aliphatic carbocycles. The topological polar surface area (TPSA) is 60.5 Å². The number of cyclic esters (lactones) is 1. The van der Waals surface area contributed by atoms with Crippen molar-refractivity contribution in [3.05, 3.63) is 95.4 Å². The fraction of sp³-hybridized carbons (Fsp3) is 0.130. The minimum Gasteiger partial charge on any atom is -0.481 e. The van der Waals surface area contributed by atoms with E-state index in [1.807, 2.05) is 36.4 Å². The average Bonchev–Trinajstić information content (AvgIpc) is 3.20. The van der Waals surface area contributed by atoms with Crippen molar-refractivity contribution in [1.29, 1.82) is 0 Å². The second-order valence-corrected chi connectivity index (χ2v) is 6.03. The van der Waals surface area contributed by atoms with Crippen LogP contribution < -0.4 is 10.1 Å². The number of alkyl carbamates (subject to hydrolysis) is 1. The molecule has 0 unspecified atom stereocenters. The molecule has 3 aromatic rings. The number of benzene rings is 2. The number of hydrogen-bond acceptors (Lipinski definition) is 4. The summed E-state index contributed by atoms with van der Waals surface area (Å²) >= 11 is 0. The molecule has 6 heteroatoms. The molecule has 5 nitrogen and oxygen atoms in total. The highest BCUT2D eigenvalue weighted by Crippen LogP contribution is 2.26. The van der Waals surface area contributed by atoms with Crippen molar-refractivity contribution in [2.24, 2.45) is 0 Å². The zero-order valence-corrected chi connectivity index (χ0v) is 15.8. The maximum atomic E-state index is 11.9. The van der Waals surface area contributed by atoms with Crippen LogP contribution in [0.15, 0.2) is 72.9 Å². The van der Waals surface area contributed by atoms with Gasteiger partial charge in [-0.15, -0.1) is 0 Å². The first-order valence-electron chi connectivity index (χ1n) is 8.90.